The second-order valence-corrected chi connectivity index (χ2v) is 10.2. The average molecular weight is 532 g/mol. The number of ether oxygens (including phenoxy) is 1. The van der Waals surface area contributed by atoms with E-state index in [2.05, 4.69) is 48.7 Å². The monoisotopic (exact) mass is 531 g/mol. The Morgan fingerprint density at radius 1 is 1.00 bits per heavy atom. The number of hydrogen-bond donors (Lipinski definition) is 0. The molecular formula is C31H25N5O2S. The third-order valence-corrected chi connectivity index (χ3v) is 7.32. The van der Waals surface area contributed by atoms with E-state index in [1.54, 1.807) is 6.08 Å². The van der Waals surface area contributed by atoms with E-state index in [0.717, 1.165) is 44.9 Å². The van der Waals surface area contributed by atoms with Gasteiger partial charge in [0.1, 0.15) is 18.1 Å². The summed E-state index contributed by atoms with van der Waals surface area (Å²) in [5, 5.41) is 9.44. The van der Waals surface area contributed by atoms with Crippen LogP contribution >= 0.6 is 11.3 Å². The van der Waals surface area contributed by atoms with Crippen LogP contribution in [0.1, 0.15) is 16.7 Å². The quantitative estimate of drug-likeness (QED) is 0.258. The molecule has 0 N–H and O–H groups in total. The number of hydrogen-bond acceptors (Lipinski definition) is 6. The molecule has 0 unspecified atom stereocenters. The number of para-hydroxylation sites is 1. The lowest BCUT2D eigenvalue weighted by atomic mass is 10.0. The maximum Gasteiger partial charge on any atom is 0.291 e. The van der Waals surface area contributed by atoms with Crippen molar-refractivity contribution >= 4 is 22.4 Å². The van der Waals surface area contributed by atoms with Gasteiger partial charge in [-0.25, -0.2) is 4.68 Å². The van der Waals surface area contributed by atoms with E-state index in [-0.39, 0.29) is 5.56 Å². The van der Waals surface area contributed by atoms with Gasteiger partial charge in [-0.1, -0.05) is 59.9 Å². The van der Waals surface area contributed by atoms with Crippen molar-refractivity contribution in [2.75, 3.05) is 6.61 Å². The largest absolute Gasteiger partial charge is 0.490 e. The molecule has 6 rings (SSSR count). The molecule has 8 heteroatoms. The molecule has 0 aliphatic carbocycles. The molecule has 0 saturated carbocycles. The number of thiazole rings is 1. The Kier molecular flexibility index (Phi) is 6.38. The van der Waals surface area contributed by atoms with Crippen LogP contribution in [0.2, 0.25) is 0 Å². The molecule has 0 atom stereocenters. The highest BCUT2D eigenvalue weighted by Gasteiger charge is 2.16. The zero-order valence-corrected chi connectivity index (χ0v) is 22.4. The fraction of sp³-hybridized carbons (Fsp3) is 0.0968. The van der Waals surface area contributed by atoms with E-state index in [9.17, 15) is 4.79 Å². The van der Waals surface area contributed by atoms with Crippen LogP contribution < -0.4 is 14.8 Å². The fourth-order valence-electron chi connectivity index (χ4n) is 4.36. The first-order valence-electron chi connectivity index (χ1n) is 12.5. The first-order chi connectivity index (χ1) is 19.0. The summed E-state index contributed by atoms with van der Waals surface area (Å²) in [7, 11) is 0. The summed E-state index contributed by atoms with van der Waals surface area (Å²) in [6.45, 7) is 8.23. The lowest BCUT2D eigenvalue weighted by molar-refractivity contribution is 0.363. The molecule has 0 radical (unpaired) electrons. The summed E-state index contributed by atoms with van der Waals surface area (Å²) in [6, 6.07) is 23.7. The smallest absolute Gasteiger partial charge is 0.291 e. The summed E-state index contributed by atoms with van der Waals surface area (Å²) >= 11 is 1.31. The molecule has 0 spiro atoms. The third kappa shape index (κ3) is 4.78. The van der Waals surface area contributed by atoms with E-state index < -0.39 is 0 Å². The second kappa shape index (κ2) is 10.2. The normalized spacial score (nSPS) is 11.8. The molecule has 0 fully saturated rings. The predicted octanol–water partition coefficient (Wildman–Crippen LogP) is 5.40. The second-order valence-electron chi connectivity index (χ2n) is 9.20. The van der Waals surface area contributed by atoms with Crippen molar-refractivity contribution in [3.63, 3.8) is 0 Å². The SMILES string of the molecule is C=CCOc1ccc(-c2nc3sc(=Cc4cn(-c5ccccc5)nc4-c4cc(C)ccc4C)c(=O)n3n2)cc1. The van der Waals surface area contributed by atoms with Gasteiger partial charge in [0.25, 0.3) is 5.56 Å². The maximum absolute atomic E-state index is 13.4. The zero-order valence-electron chi connectivity index (χ0n) is 21.5. The maximum atomic E-state index is 13.4. The van der Waals surface area contributed by atoms with E-state index in [1.807, 2.05) is 71.6 Å². The molecule has 3 aromatic heterocycles. The minimum absolute atomic E-state index is 0.209. The minimum atomic E-state index is -0.209. The molecular weight excluding hydrogens is 506 g/mol. The van der Waals surface area contributed by atoms with Crippen molar-refractivity contribution < 1.29 is 4.74 Å². The first kappa shape index (κ1) is 24.5. The van der Waals surface area contributed by atoms with E-state index in [0.29, 0.717) is 21.9 Å². The summed E-state index contributed by atoms with van der Waals surface area (Å²) in [5.74, 6) is 1.23. The number of aromatic nitrogens is 5. The lowest BCUT2D eigenvalue weighted by Gasteiger charge is -2.05. The molecule has 3 heterocycles. The average Bonchev–Trinajstić information content (AvgIpc) is 3.65. The zero-order chi connectivity index (χ0) is 26.9. The minimum Gasteiger partial charge on any atom is -0.490 e. The topological polar surface area (TPSA) is 74.3 Å². The van der Waals surface area contributed by atoms with Gasteiger partial charge in [0.2, 0.25) is 4.96 Å². The summed E-state index contributed by atoms with van der Waals surface area (Å²) < 4.78 is 9.31. The molecule has 0 amide bonds. The van der Waals surface area contributed by atoms with Crippen molar-refractivity contribution in [1.29, 1.82) is 0 Å². The van der Waals surface area contributed by atoms with Crippen LogP contribution in [-0.2, 0) is 0 Å². The molecule has 6 aromatic rings. The van der Waals surface area contributed by atoms with Crippen molar-refractivity contribution in [3.8, 4) is 34.1 Å². The third-order valence-electron chi connectivity index (χ3n) is 6.36. The molecule has 0 aliphatic heterocycles. The van der Waals surface area contributed by atoms with Gasteiger partial charge < -0.3 is 4.74 Å². The Labute approximate surface area is 229 Å². The number of fused-ring (bicyclic) bond motifs is 1. The number of aryl methyl sites for hydroxylation is 2. The molecule has 0 aliphatic rings. The van der Waals surface area contributed by atoms with Crippen molar-refractivity contribution in [1.82, 2.24) is 24.4 Å². The molecule has 7 nitrogen and oxygen atoms in total. The van der Waals surface area contributed by atoms with Crippen LogP contribution in [0, 0.1) is 13.8 Å². The molecule has 39 heavy (non-hydrogen) atoms. The van der Waals surface area contributed by atoms with Crippen LogP contribution in [0.4, 0.5) is 0 Å². The Bertz CT molecular complexity index is 1920. The van der Waals surface area contributed by atoms with Crippen LogP contribution in [0.3, 0.4) is 0 Å². The highest BCUT2D eigenvalue weighted by molar-refractivity contribution is 7.15. The number of benzene rings is 3. The summed E-state index contributed by atoms with van der Waals surface area (Å²) in [6.07, 6.45) is 5.54. The van der Waals surface area contributed by atoms with Gasteiger partial charge in [-0.15, -0.1) is 5.10 Å². The Balaban J connectivity index is 1.43. The van der Waals surface area contributed by atoms with Gasteiger partial charge in [0.15, 0.2) is 5.82 Å². The Morgan fingerprint density at radius 3 is 2.54 bits per heavy atom. The van der Waals surface area contributed by atoms with Crippen molar-refractivity contribution in [2.45, 2.75) is 13.8 Å². The van der Waals surface area contributed by atoms with Gasteiger partial charge in [-0.05, 0) is 68.0 Å². The first-order valence-corrected chi connectivity index (χ1v) is 13.3. The van der Waals surface area contributed by atoms with Crippen LogP contribution in [0.25, 0.3) is 39.4 Å². The molecule has 0 saturated heterocycles. The van der Waals surface area contributed by atoms with Gasteiger partial charge in [-0.2, -0.15) is 14.6 Å². The Morgan fingerprint density at radius 2 is 1.79 bits per heavy atom. The molecule has 0 bridgehead atoms. The van der Waals surface area contributed by atoms with Gasteiger partial charge in [0, 0.05) is 22.9 Å². The van der Waals surface area contributed by atoms with E-state index >= 15 is 0 Å². The highest BCUT2D eigenvalue weighted by atomic mass is 32.1. The predicted molar refractivity (Wildman–Crippen MR) is 156 cm³/mol. The van der Waals surface area contributed by atoms with Gasteiger partial charge in [-0.3, -0.25) is 4.79 Å². The van der Waals surface area contributed by atoms with Crippen LogP contribution in [0.5, 0.6) is 5.75 Å². The number of rotatable bonds is 7. The number of nitrogens with zero attached hydrogens (tertiary/aromatic N) is 5. The standard InChI is InChI=1S/C31H25N5O2S/c1-4-16-38-25-14-12-22(13-15-25)29-32-31-36(34-29)30(37)27(39-31)18-23-19-35(24-8-6-5-7-9-24)33-28(23)26-17-20(2)10-11-21(26)3/h4-15,17-19H,1,16H2,2-3H3. The highest BCUT2D eigenvalue weighted by Crippen LogP contribution is 2.28. The van der Waals surface area contributed by atoms with E-state index in [4.69, 9.17) is 9.84 Å². The fourth-order valence-corrected chi connectivity index (χ4v) is 5.26. The molecule has 192 valence electrons. The van der Waals surface area contributed by atoms with Crippen LogP contribution in [-0.4, -0.2) is 31.0 Å². The molecule has 3 aromatic carbocycles. The Hall–Kier alpha value is -4.82. The summed E-state index contributed by atoms with van der Waals surface area (Å²) in [4.78, 5) is 18.5. The van der Waals surface area contributed by atoms with Gasteiger partial charge >= 0.3 is 0 Å². The summed E-state index contributed by atoms with van der Waals surface area (Å²) in [5.41, 5.74) is 6.51. The van der Waals surface area contributed by atoms with Crippen LogP contribution in [0.15, 0.2) is 96.4 Å². The van der Waals surface area contributed by atoms with Gasteiger partial charge in [0.05, 0.1) is 10.2 Å². The van der Waals surface area contributed by atoms with Crippen molar-refractivity contribution in [2.24, 2.45) is 0 Å². The lowest BCUT2D eigenvalue weighted by Crippen LogP contribution is -2.23. The van der Waals surface area contributed by atoms with E-state index in [1.165, 1.54) is 15.9 Å². The van der Waals surface area contributed by atoms with Crippen molar-refractivity contribution in [3.05, 3.63) is 123 Å².